The van der Waals surface area contributed by atoms with Crippen LogP contribution in [0.3, 0.4) is 0 Å². The van der Waals surface area contributed by atoms with E-state index in [2.05, 4.69) is 20.7 Å². The third-order valence-electron chi connectivity index (χ3n) is 4.29. The summed E-state index contributed by atoms with van der Waals surface area (Å²) in [5, 5.41) is 7.40. The van der Waals surface area contributed by atoms with Gasteiger partial charge in [0.05, 0.1) is 23.4 Å². The number of halogens is 1. The molecule has 0 saturated carbocycles. The van der Waals surface area contributed by atoms with Crippen LogP contribution in [0, 0.1) is 0 Å². The predicted octanol–water partition coefficient (Wildman–Crippen LogP) is 6.14. The number of amides is 1. The van der Waals surface area contributed by atoms with Crippen LogP contribution in [0.4, 0.5) is 5.69 Å². The number of nitrogens with one attached hydrogen (secondary N) is 1. The highest BCUT2D eigenvalue weighted by Gasteiger charge is 2.15. The number of carbonyl (C=O) groups excluding carboxylic acids is 1. The summed E-state index contributed by atoms with van der Waals surface area (Å²) >= 11 is 8.97. The molecule has 0 spiro atoms. The Bertz CT molecular complexity index is 1180. The third kappa shape index (κ3) is 4.59. The van der Waals surface area contributed by atoms with Crippen LogP contribution in [0.1, 0.15) is 6.92 Å². The third-order valence-corrected chi connectivity index (χ3v) is 6.42. The first kappa shape index (κ1) is 20.7. The first-order valence-corrected chi connectivity index (χ1v) is 11.5. The number of para-hydroxylation sites is 2. The van der Waals surface area contributed by atoms with E-state index >= 15 is 0 Å². The Balaban J connectivity index is 1.54. The molecule has 0 aliphatic carbocycles. The fraction of sp³-hybridized carbons (Fsp3) is 0.136. The maximum absolute atomic E-state index is 12.6. The Kier molecular flexibility index (Phi) is 6.52. The van der Waals surface area contributed by atoms with Gasteiger partial charge in [0.15, 0.2) is 0 Å². The minimum Gasteiger partial charge on any atom is -0.492 e. The largest absolute Gasteiger partial charge is 0.492 e. The first-order chi connectivity index (χ1) is 14.7. The molecule has 8 heteroatoms. The molecule has 2 aromatic carbocycles. The Labute approximate surface area is 187 Å². The summed E-state index contributed by atoms with van der Waals surface area (Å²) in [6.45, 7) is 2.44. The molecule has 0 aliphatic rings. The van der Waals surface area contributed by atoms with Crippen molar-refractivity contribution in [2.24, 2.45) is 0 Å². The fourth-order valence-electron chi connectivity index (χ4n) is 2.97. The molecule has 0 fully saturated rings. The number of anilines is 1. The van der Waals surface area contributed by atoms with E-state index in [1.807, 2.05) is 55.5 Å². The number of hydrogen-bond donors (Lipinski definition) is 1. The molecule has 2 aromatic heterocycles. The van der Waals surface area contributed by atoms with Crippen LogP contribution in [0.2, 0.25) is 5.02 Å². The van der Waals surface area contributed by atoms with E-state index in [1.54, 1.807) is 11.3 Å². The molecular formula is C22H18ClN3O2S2. The lowest BCUT2D eigenvalue weighted by molar-refractivity contribution is -0.113. The number of carbonyl (C=O) groups is 1. The molecule has 4 aromatic rings. The number of thiophene rings is 1. The molecular weight excluding hydrogens is 438 g/mol. The van der Waals surface area contributed by atoms with Crippen molar-refractivity contribution in [3.05, 3.63) is 65.3 Å². The number of aromatic nitrogens is 2. The van der Waals surface area contributed by atoms with Gasteiger partial charge in [-0.25, -0.2) is 9.97 Å². The minimum atomic E-state index is -0.123. The van der Waals surface area contributed by atoms with Gasteiger partial charge in [-0.05, 0) is 36.8 Å². The van der Waals surface area contributed by atoms with Gasteiger partial charge in [0.1, 0.15) is 21.9 Å². The van der Waals surface area contributed by atoms with E-state index in [1.165, 1.54) is 18.1 Å². The van der Waals surface area contributed by atoms with Gasteiger partial charge in [0.25, 0.3) is 0 Å². The second-order valence-electron chi connectivity index (χ2n) is 6.28. The molecule has 2 heterocycles. The van der Waals surface area contributed by atoms with Crippen LogP contribution in [0.15, 0.2) is 65.3 Å². The summed E-state index contributed by atoms with van der Waals surface area (Å²) in [4.78, 5) is 22.3. The molecule has 0 bridgehead atoms. The lowest BCUT2D eigenvalue weighted by Gasteiger charge is -2.11. The van der Waals surface area contributed by atoms with Crippen molar-refractivity contribution in [1.82, 2.24) is 9.97 Å². The Morgan fingerprint density at radius 1 is 1.17 bits per heavy atom. The van der Waals surface area contributed by atoms with E-state index in [0.29, 0.717) is 23.1 Å². The Hall–Kier alpha value is -2.61. The van der Waals surface area contributed by atoms with Crippen molar-refractivity contribution in [3.8, 4) is 16.9 Å². The van der Waals surface area contributed by atoms with Gasteiger partial charge >= 0.3 is 0 Å². The average molecular weight is 456 g/mol. The van der Waals surface area contributed by atoms with E-state index in [-0.39, 0.29) is 11.7 Å². The summed E-state index contributed by atoms with van der Waals surface area (Å²) in [6.07, 6.45) is 1.54. The zero-order valence-corrected chi connectivity index (χ0v) is 18.5. The quantitative estimate of drug-likeness (QED) is 0.268. The van der Waals surface area contributed by atoms with Gasteiger partial charge in [-0.3, -0.25) is 4.79 Å². The van der Waals surface area contributed by atoms with Gasteiger partial charge in [-0.15, -0.1) is 11.3 Å². The molecule has 152 valence electrons. The van der Waals surface area contributed by atoms with Gasteiger partial charge < -0.3 is 10.1 Å². The van der Waals surface area contributed by atoms with Crippen molar-refractivity contribution >= 4 is 56.5 Å². The van der Waals surface area contributed by atoms with Crippen molar-refractivity contribution in [2.75, 3.05) is 17.7 Å². The molecule has 0 radical (unpaired) electrons. The summed E-state index contributed by atoms with van der Waals surface area (Å²) < 4.78 is 5.57. The summed E-state index contributed by atoms with van der Waals surface area (Å²) in [6, 6.07) is 15.1. The van der Waals surface area contributed by atoms with Gasteiger partial charge in [0, 0.05) is 16.0 Å². The normalized spacial score (nSPS) is 10.9. The number of rotatable bonds is 7. The highest BCUT2D eigenvalue weighted by Crippen LogP contribution is 2.38. The molecule has 0 saturated heterocycles. The monoisotopic (exact) mass is 455 g/mol. The average Bonchev–Trinajstić information content (AvgIpc) is 3.19. The van der Waals surface area contributed by atoms with Gasteiger partial charge in [0.2, 0.25) is 5.91 Å². The zero-order valence-electron chi connectivity index (χ0n) is 16.1. The lowest BCUT2D eigenvalue weighted by Crippen LogP contribution is -2.15. The highest BCUT2D eigenvalue weighted by molar-refractivity contribution is 8.00. The Morgan fingerprint density at radius 2 is 1.97 bits per heavy atom. The van der Waals surface area contributed by atoms with Crippen LogP contribution in [0.5, 0.6) is 5.75 Å². The Morgan fingerprint density at radius 3 is 2.77 bits per heavy atom. The topological polar surface area (TPSA) is 64.1 Å². The molecule has 1 N–H and O–H groups in total. The maximum Gasteiger partial charge on any atom is 0.234 e. The van der Waals surface area contributed by atoms with Crippen LogP contribution in [-0.4, -0.2) is 28.2 Å². The fourth-order valence-corrected chi connectivity index (χ4v) is 4.89. The number of ether oxygens (including phenoxy) is 1. The predicted molar refractivity (Wildman–Crippen MR) is 125 cm³/mol. The number of fused-ring (bicyclic) bond motifs is 1. The number of thioether (sulfide) groups is 1. The SMILES string of the molecule is CCOc1ccccc1NC(=O)CSc1ncnc2scc(-c3ccc(Cl)cc3)c12. The highest BCUT2D eigenvalue weighted by atomic mass is 35.5. The minimum absolute atomic E-state index is 0.123. The second kappa shape index (κ2) is 9.47. The molecule has 0 atom stereocenters. The van der Waals surface area contributed by atoms with Crippen molar-refractivity contribution in [1.29, 1.82) is 0 Å². The molecule has 0 unspecified atom stereocenters. The molecule has 30 heavy (non-hydrogen) atoms. The summed E-state index contributed by atoms with van der Waals surface area (Å²) in [5.41, 5.74) is 2.74. The number of nitrogens with zero attached hydrogens (tertiary/aromatic N) is 2. The maximum atomic E-state index is 12.6. The number of hydrogen-bond acceptors (Lipinski definition) is 6. The van der Waals surface area contributed by atoms with Gasteiger partial charge in [-0.1, -0.05) is 47.6 Å². The van der Waals surface area contributed by atoms with Crippen LogP contribution < -0.4 is 10.1 Å². The first-order valence-electron chi connectivity index (χ1n) is 9.28. The molecule has 4 rings (SSSR count). The van der Waals surface area contributed by atoms with Gasteiger partial charge in [-0.2, -0.15) is 0 Å². The van der Waals surface area contributed by atoms with Crippen molar-refractivity contribution < 1.29 is 9.53 Å². The van der Waals surface area contributed by atoms with E-state index in [4.69, 9.17) is 16.3 Å². The van der Waals surface area contributed by atoms with Crippen molar-refractivity contribution in [3.63, 3.8) is 0 Å². The van der Waals surface area contributed by atoms with Crippen LogP contribution in [-0.2, 0) is 4.79 Å². The van der Waals surface area contributed by atoms with Crippen molar-refractivity contribution in [2.45, 2.75) is 11.9 Å². The summed E-state index contributed by atoms with van der Waals surface area (Å²) in [5.74, 6) is 0.760. The standard InChI is InChI=1S/C22H18ClN3O2S2/c1-2-28-18-6-4-3-5-17(18)26-19(27)12-30-22-20-16(11-29-21(20)24-13-25-22)14-7-9-15(23)10-8-14/h3-11,13H,2,12H2,1H3,(H,26,27). The van der Waals surface area contributed by atoms with E-state index < -0.39 is 0 Å². The van der Waals surface area contributed by atoms with E-state index in [0.717, 1.165) is 26.4 Å². The molecule has 1 amide bonds. The lowest BCUT2D eigenvalue weighted by atomic mass is 10.1. The van der Waals surface area contributed by atoms with Crippen LogP contribution >= 0.6 is 34.7 Å². The second-order valence-corrected chi connectivity index (χ2v) is 8.54. The number of benzene rings is 2. The van der Waals surface area contributed by atoms with Crippen LogP contribution in [0.25, 0.3) is 21.3 Å². The smallest absolute Gasteiger partial charge is 0.234 e. The molecule has 5 nitrogen and oxygen atoms in total. The molecule has 0 aliphatic heterocycles. The summed E-state index contributed by atoms with van der Waals surface area (Å²) in [7, 11) is 0. The zero-order chi connectivity index (χ0) is 20.9. The van der Waals surface area contributed by atoms with E-state index in [9.17, 15) is 4.79 Å².